The standard InChI is InChI=1S/C21H21NO2/c1-2-17-10-4-3-7-14-24-18-11-8-9-16(15-18)19-12-5-6-13-20(19)21(23)22-17/h2-6,8-9,11-13,15,17H,1,7,10,14H2,(H,22,23)/b4-3-. The van der Waals surface area contributed by atoms with E-state index in [0.717, 1.165) is 29.7 Å². The first-order valence-corrected chi connectivity index (χ1v) is 8.18. The number of amides is 1. The van der Waals surface area contributed by atoms with Crippen molar-refractivity contribution in [3.05, 3.63) is 78.9 Å². The van der Waals surface area contributed by atoms with Crippen molar-refractivity contribution in [1.29, 1.82) is 0 Å². The Bertz CT molecular complexity index is 764. The molecule has 0 radical (unpaired) electrons. The number of hydrogen-bond donors (Lipinski definition) is 1. The Kier molecular flexibility index (Phi) is 5.12. The summed E-state index contributed by atoms with van der Waals surface area (Å²) in [6.07, 6.45) is 7.46. The zero-order valence-electron chi connectivity index (χ0n) is 13.6. The lowest BCUT2D eigenvalue weighted by Gasteiger charge is -2.16. The van der Waals surface area contributed by atoms with Crippen molar-refractivity contribution in [1.82, 2.24) is 5.32 Å². The van der Waals surface area contributed by atoms with Gasteiger partial charge in [-0.15, -0.1) is 6.58 Å². The van der Waals surface area contributed by atoms with E-state index in [1.54, 1.807) is 6.08 Å². The first kappa shape index (κ1) is 16.1. The normalized spacial score (nSPS) is 19.2. The van der Waals surface area contributed by atoms with Gasteiger partial charge >= 0.3 is 0 Å². The second-order valence-electron chi connectivity index (χ2n) is 5.73. The third kappa shape index (κ3) is 3.74. The minimum absolute atomic E-state index is 0.0861. The van der Waals surface area contributed by atoms with Crippen LogP contribution in [0, 0.1) is 0 Å². The van der Waals surface area contributed by atoms with E-state index in [-0.39, 0.29) is 11.9 Å². The van der Waals surface area contributed by atoms with Gasteiger partial charge in [0.25, 0.3) is 5.91 Å². The van der Waals surface area contributed by atoms with Gasteiger partial charge in [0, 0.05) is 5.56 Å². The summed E-state index contributed by atoms with van der Waals surface area (Å²) in [7, 11) is 0. The predicted octanol–water partition coefficient (Wildman–Crippen LogP) is 4.37. The van der Waals surface area contributed by atoms with E-state index >= 15 is 0 Å². The Morgan fingerprint density at radius 2 is 1.92 bits per heavy atom. The fourth-order valence-electron chi connectivity index (χ4n) is 2.75. The molecule has 1 unspecified atom stereocenters. The molecule has 1 amide bonds. The first-order valence-electron chi connectivity index (χ1n) is 8.18. The maximum Gasteiger partial charge on any atom is 0.252 e. The van der Waals surface area contributed by atoms with Crippen molar-refractivity contribution in [3.63, 3.8) is 0 Å². The second kappa shape index (κ2) is 7.64. The Morgan fingerprint density at radius 3 is 2.75 bits per heavy atom. The van der Waals surface area contributed by atoms with E-state index in [2.05, 4.69) is 24.0 Å². The smallest absolute Gasteiger partial charge is 0.252 e. The molecule has 1 atom stereocenters. The zero-order chi connectivity index (χ0) is 16.8. The van der Waals surface area contributed by atoms with E-state index < -0.39 is 0 Å². The highest BCUT2D eigenvalue weighted by Crippen LogP contribution is 2.27. The fraction of sp³-hybridized carbons (Fsp3) is 0.190. The molecule has 122 valence electrons. The molecule has 1 N–H and O–H groups in total. The number of ether oxygens (including phenoxy) is 1. The van der Waals surface area contributed by atoms with Crippen LogP contribution in [0.3, 0.4) is 0 Å². The highest BCUT2D eigenvalue weighted by atomic mass is 16.5. The van der Waals surface area contributed by atoms with E-state index in [1.807, 2.05) is 48.5 Å². The average Bonchev–Trinajstić information content (AvgIpc) is 2.63. The monoisotopic (exact) mass is 319 g/mol. The number of carbonyl (C=O) groups excluding carboxylic acids is 1. The van der Waals surface area contributed by atoms with Gasteiger partial charge < -0.3 is 10.1 Å². The number of rotatable bonds is 1. The van der Waals surface area contributed by atoms with Crippen LogP contribution in [-0.2, 0) is 0 Å². The summed E-state index contributed by atoms with van der Waals surface area (Å²) in [6, 6.07) is 15.4. The molecule has 2 aromatic carbocycles. The molecule has 0 saturated heterocycles. The van der Waals surface area contributed by atoms with Crippen molar-refractivity contribution in [2.45, 2.75) is 18.9 Å². The molecule has 0 saturated carbocycles. The largest absolute Gasteiger partial charge is 0.493 e. The van der Waals surface area contributed by atoms with E-state index in [9.17, 15) is 4.79 Å². The third-order valence-electron chi connectivity index (χ3n) is 4.03. The van der Waals surface area contributed by atoms with Gasteiger partial charge in [-0.2, -0.15) is 0 Å². The number of fused-ring (bicyclic) bond motifs is 4. The third-order valence-corrected chi connectivity index (χ3v) is 4.03. The van der Waals surface area contributed by atoms with Crippen molar-refractivity contribution in [2.75, 3.05) is 6.61 Å². The Labute approximate surface area is 142 Å². The molecule has 1 heterocycles. The molecule has 0 aromatic heterocycles. The Hall–Kier alpha value is -2.81. The van der Waals surface area contributed by atoms with Crippen molar-refractivity contribution < 1.29 is 9.53 Å². The molecule has 2 bridgehead atoms. The van der Waals surface area contributed by atoms with Crippen LogP contribution in [0.2, 0.25) is 0 Å². The SMILES string of the molecule is C=CC1C/C=C\CCOc2cccc(c2)-c2ccccc2C(=O)N1. The van der Waals surface area contributed by atoms with Crippen molar-refractivity contribution in [3.8, 4) is 16.9 Å². The summed E-state index contributed by atoms with van der Waals surface area (Å²) >= 11 is 0. The highest BCUT2D eigenvalue weighted by Gasteiger charge is 2.15. The summed E-state index contributed by atoms with van der Waals surface area (Å²) in [4.78, 5) is 12.7. The summed E-state index contributed by atoms with van der Waals surface area (Å²) in [5.41, 5.74) is 2.53. The van der Waals surface area contributed by atoms with Gasteiger partial charge in [-0.05, 0) is 42.2 Å². The van der Waals surface area contributed by atoms with Gasteiger partial charge in [0.15, 0.2) is 0 Å². The summed E-state index contributed by atoms with van der Waals surface area (Å²) in [5.74, 6) is 0.726. The van der Waals surface area contributed by atoms with Crippen LogP contribution in [0.25, 0.3) is 11.1 Å². The quantitative estimate of drug-likeness (QED) is 0.793. The summed E-state index contributed by atoms with van der Waals surface area (Å²) in [6.45, 7) is 4.46. The van der Waals surface area contributed by atoms with Gasteiger partial charge in [-0.25, -0.2) is 0 Å². The molecule has 3 nitrogen and oxygen atoms in total. The molecular weight excluding hydrogens is 298 g/mol. The van der Waals surface area contributed by atoms with Gasteiger partial charge in [0.05, 0.1) is 12.6 Å². The van der Waals surface area contributed by atoms with E-state index in [0.29, 0.717) is 12.2 Å². The van der Waals surface area contributed by atoms with Crippen molar-refractivity contribution in [2.24, 2.45) is 0 Å². The number of hydrogen-bond acceptors (Lipinski definition) is 2. The van der Waals surface area contributed by atoms with Gasteiger partial charge in [0.1, 0.15) is 5.75 Å². The summed E-state index contributed by atoms with van der Waals surface area (Å²) in [5, 5.41) is 3.05. The van der Waals surface area contributed by atoms with Gasteiger partial charge in [-0.3, -0.25) is 4.79 Å². The summed E-state index contributed by atoms with van der Waals surface area (Å²) < 4.78 is 5.81. The highest BCUT2D eigenvalue weighted by molar-refractivity contribution is 6.01. The van der Waals surface area contributed by atoms with Gasteiger partial charge in [0.2, 0.25) is 0 Å². The first-order chi connectivity index (χ1) is 11.8. The predicted molar refractivity (Wildman–Crippen MR) is 97.2 cm³/mol. The average molecular weight is 319 g/mol. The van der Waals surface area contributed by atoms with Crippen LogP contribution in [0.4, 0.5) is 0 Å². The molecule has 2 aromatic rings. The lowest BCUT2D eigenvalue weighted by molar-refractivity contribution is 0.0945. The number of nitrogens with one attached hydrogen (secondary N) is 1. The molecule has 0 aliphatic carbocycles. The molecule has 1 aliphatic rings. The minimum atomic E-state index is -0.0905. The maximum absolute atomic E-state index is 12.7. The van der Waals surface area contributed by atoms with Crippen LogP contribution in [-0.4, -0.2) is 18.6 Å². The zero-order valence-corrected chi connectivity index (χ0v) is 13.6. The lowest BCUT2D eigenvalue weighted by Crippen LogP contribution is -2.33. The molecule has 0 spiro atoms. The minimum Gasteiger partial charge on any atom is -0.493 e. The number of benzene rings is 2. The lowest BCUT2D eigenvalue weighted by atomic mass is 9.98. The van der Waals surface area contributed by atoms with E-state index in [1.165, 1.54) is 0 Å². The van der Waals surface area contributed by atoms with Crippen molar-refractivity contribution >= 4 is 5.91 Å². The Morgan fingerprint density at radius 1 is 1.08 bits per heavy atom. The molecule has 0 fully saturated rings. The van der Waals surface area contributed by atoms with Gasteiger partial charge in [-0.1, -0.05) is 48.6 Å². The number of carbonyl (C=O) groups is 1. The molecular formula is C21H21NO2. The maximum atomic E-state index is 12.7. The van der Waals surface area contributed by atoms with Crippen LogP contribution >= 0.6 is 0 Å². The van der Waals surface area contributed by atoms with Crippen LogP contribution in [0.15, 0.2) is 73.3 Å². The Balaban J connectivity index is 2.03. The van der Waals surface area contributed by atoms with E-state index in [4.69, 9.17) is 4.74 Å². The second-order valence-corrected chi connectivity index (χ2v) is 5.73. The van der Waals surface area contributed by atoms with Crippen LogP contribution in [0.5, 0.6) is 5.75 Å². The fourth-order valence-corrected chi connectivity index (χ4v) is 2.75. The topological polar surface area (TPSA) is 38.3 Å². The molecule has 24 heavy (non-hydrogen) atoms. The molecule has 3 heteroatoms. The van der Waals surface area contributed by atoms with Crippen LogP contribution < -0.4 is 10.1 Å². The van der Waals surface area contributed by atoms with Crippen LogP contribution in [0.1, 0.15) is 23.2 Å². The molecule has 3 rings (SSSR count). The molecule has 1 aliphatic heterocycles.